The maximum absolute atomic E-state index is 2.38. The summed E-state index contributed by atoms with van der Waals surface area (Å²) in [6.45, 7) is 4.00. The maximum atomic E-state index is 2.38. The van der Waals surface area contributed by atoms with E-state index in [1.54, 1.807) is 11.1 Å². The van der Waals surface area contributed by atoms with Gasteiger partial charge in [-0.1, -0.05) is 74.5 Å². The lowest BCUT2D eigenvalue weighted by atomic mass is 9.74. The standard InChI is InChI=1S/C20H12.C2H6/c1-2-12-5-6-14-9-10-15-8-7-13-4-3-11(1)16-17(12)19(14)20(15)18(13)16;1-2/h1-11,16H;1-2H3. The molecule has 3 aromatic carbocycles. The molecule has 3 aliphatic carbocycles. The number of rotatable bonds is 0. The zero-order valence-corrected chi connectivity index (χ0v) is 12.9. The van der Waals surface area contributed by atoms with E-state index in [-0.39, 0.29) is 0 Å². The molecule has 0 radical (unpaired) electrons. The number of hydrogen-bond acceptors (Lipinski definition) is 0. The Morgan fingerprint density at radius 3 is 1.59 bits per heavy atom. The van der Waals surface area contributed by atoms with Crippen molar-refractivity contribution in [1.82, 2.24) is 0 Å². The highest BCUT2D eigenvalue weighted by Gasteiger charge is 2.37. The van der Waals surface area contributed by atoms with Crippen molar-refractivity contribution in [3.63, 3.8) is 0 Å². The van der Waals surface area contributed by atoms with E-state index in [0.29, 0.717) is 11.8 Å². The van der Waals surface area contributed by atoms with E-state index < -0.39 is 0 Å². The second-order valence-electron chi connectivity index (χ2n) is 6.17. The van der Waals surface area contributed by atoms with E-state index in [9.17, 15) is 0 Å². The van der Waals surface area contributed by atoms with Gasteiger partial charge in [0.15, 0.2) is 0 Å². The van der Waals surface area contributed by atoms with Gasteiger partial charge < -0.3 is 0 Å². The Morgan fingerprint density at radius 1 is 0.636 bits per heavy atom. The Morgan fingerprint density at radius 2 is 1.09 bits per heavy atom. The van der Waals surface area contributed by atoms with Crippen LogP contribution in [0.5, 0.6) is 0 Å². The van der Waals surface area contributed by atoms with Crippen molar-refractivity contribution in [2.45, 2.75) is 19.8 Å². The summed E-state index contributed by atoms with van der Waals surface area (Å²) in [5.74, 6) is 1.10. The molecule has 0 spiro atoms. The summed E-state index contributed by atoms with van der Waals surface area (Å²) in [5, 5.41) is 5.82. The van der Waals surface area contributed by atoms with Crippen LogP contribution < -0.4 is 0 Å². The summed E-state index contributed by atoms with van der Waals surface area (Å²) in [7, 11) is 0. The second kappa shape index (κ2) is 4.10. The summed E-state index contributed by atoms with van der Waals surface area (Å²) in [6, 6.07) is 13.7. The molecule has 22 heavy (non-hydrogen) atoms. The highest BCUT2D eigenvalue weighted by Crippen LogP contribution is 2.55. The van der Waals surface area contributed by atoms with Crippen molar-refractivity contribution in [2.75, 3.05) is 0 Å². The van der Waals surface area contributed by atoms with Crippen molar-refractivity contribution in [2.24, 2.45) is 5.92 Å². The minimum atomic E-state index is 0.540. The third kappa shape index (κ3) is 1.25. The number of benzene rings is 3. The molecule has 3 aromatic rings. The molecule has 0 saturated carbocycles. The normalized spacial score (nSPS) is 21.7. The van der Waals surface area contributed by atoms with Crippen LogP contribution in [0.2, 0.25) is 0 Å². The lowest BCUT2D eigenvalue weighted by Crippen LogP contribution is -2.15. The van der Waals surface area contributed by atoms with Crippen LogP contribution in [0.25, 0.3) is 33.7 Å². The van der Waals surface area contributed by atoms with Crippen molar-refractivity contribution in [3.05, 3.63) is 70.8 Å². The van der Waals surface area contributed by atoms with Gasteiger partial charge >= 0.3 is 0 Å². The van der Waals surface area contributed by atoms with E-state index in [2.05, 4.69) is 60.7 Å². The van der Waals surface area contributed by atoms with Gasteiger partial charge in [0.25, 0.3) is 0 Å². The van der Waals surface area contributed by atoms with Crippen molar-refractivity contribution in [1.29, 1.82) is 0 Å². The van der Waals surface area contributed by atoms with Crippen molar-refractivity contribution < 1.29 is 0 Å². The molecular formula is C22H18. The van der Waals surface area contributed by atoms with E-state index in [4.69, 9.17) is 0 Å². The topological polar surface area (TPSA) is 0 Å². The highest BCUT2D eigenvalue weighted by molar-refractivity contribution is 6.16. The van der Waals surface area contributed by atoms with Gasteiger partial charge in [0, 0.05) is 11.8 Å². The molecule has 0 heterocycles. The fourth-order valence-electron chi connectivity index (χ4n) is 4.53. The summed E-state index contributed by atoms with van der Waals surface area (Å²) < 4.78 is 0. The van der Waals surface area contributed by atoms with Crippen molar-refractivity contribution >= 4 is 33.7 Å². The van der Waals surface area contributed by atoms with Crippen LogP contribution in [0.4, 0.5) is 0 Å². The van der Waals surface area contributed by atoms with E-state index in [0.717, 1.165) is 0 Å². The Bertz CT molecular complexity index is 921. The quantitative estimate of drug-likeness (QED) is 0.435. The average molecular weight is 282 g/mol. The highest BCUT2D eigenvalue weighted by atomic mass is 14.4. The molecule has 0 unspecified atom stereocenters. The zero-order chi connectivity index (χ0) is 14.8. The van der Waals surface area contributed by atoms with E-state index in [1.807, 2.05) is 13.8 Å². The van der Waals surface area contributed by atoms with E-state index in [1.165, 1.54) is 32.7 Å². The molecule has 0 bridgehead atoms. The number of hydrogen-bond donors (Lipinski definition) is 0. The smallest absolute Gasteiger partial charge is 0.0212 e. The molecule has 0 fully saturated rings. The van der Waals surface area contributed by atoms with Crippen LogP contribution in [0, 0.1) is 5.92 Å². The SMILES string of the molecule is C1=CC2C=Cc3ccc4ccc5ccc1c1c5c4c3C12.CC. The van der Waals surface area contributed by atoms with Gasteiger partial charge in [-0.15, -0.1) is 0 Å². The third-order valence-corrected chi connectivity index (χ3v) is 5.32. The first kappa shape index (κ1) is 12.2. The van der Waals surface area contributed by atoms with Crippen LogP contribution in [-0.2, 0) is 0 Å². The predicted molar refractivity (Wildman–Crippen MR) is 96.2 cm³/mol. The Labute approximate surface area is 130 Å². The van der Waals surface area contributed by atoms with Gasteiger partial charge in [-0.25, -0.2) is 0 Å². The molecule has 0 nitrogen and oxygen atoms in total. The summed E-state index contributed by atoms with van der Waals surface area (Å²) in [4.78, 5) is 0. The largest absolute Gasteiger partial charge is 0.0761 e. The first-order valence-electron chi connectivity index (χ1n) is 8.30. The Kier molecular flexibility index (Phi) is 2.28. The molecule has 6 rings (SSSR count). The van der Waals surface area contributed by atoms with Crippen LogP contribution in [0.3, 0.4) is 0 Å². The first-order chi connectivity index (χ1) is 10.9. The molecule has 3 aliphatic rings. The summed E-state index contributed by atoms with van der Waals surface area (Å²) in [6.07, 6.45) is 9.39. The third-order valence-electron chi connectivity index (χ3n) is 5.32. The van der Waals surface area contributed by atoms with Crippen molar-refractivity contribution in [3.8, 4) is 0 Å². The lowest BCUT2D eigenvalue weighted by Gasteiger charge is -2.29. The minimum Gasteiger partial charge on any atom is -0.0761 e. The second-order valence-corrected chi connectivity index (χ2v) is 6.17. The Hall–Kier alpha value is -2.34. The Balaban J connectivity index is 0.000000544. The summed E-state index contributed by atoms with van der Waals surface area (Å²) >= 11 is 0. The molecular weight excluding hydrogens is 264 g/mol. The molecule has 0 N–H and O–H groups in total. The van der Waals surface area contributed by atoms with Crippen LogP contribution in [-0.4, -0.2) is 0 Å². The fraction of sp³-hybridized carbons (Fsp3) is 0.182. The molecule has 0 atom stereocenters. The fourth-order valence-corrected chi connectivity index (χ4v) is 4.53. The first-order valence-corrected chi connectivity index (χ1v) is 8.30. The lowest BCUT2D eigenvalue weighted by molar-refractivity contribution is 0.689. The van der Waals surface area contributed by atoms with Gasteiger partial charge in [-0.3, -0.25) is 0 Å². The average Bonchev–Trinajstić information content (AvgIpc) is 2.97. The number of allylic oxidation sites excluding steroid dienone is 2. The molecule has 0 amide bonds. The molecule has 0 heteroatoms. The molecule has 0 aliphatic heterocycles. The predicted octanol–water partition coefficient (Wildman–Crippen LogP) is 6.13. The monoisotopic (exact) mass is 282 g/mol. The van der Waals surface area contributed by atoms with Crippen LogP contribution >= 0.6 is 0 Å². The minimum absolute atomic E-state index is 0.540. The van der Waals surface area contributed by atoms with Gasteiger partial charge in [-0.2, -0.15) is 0 Å². The van der Waals surface area contributed by atoms with Gasteiger partial charge in [-0.05, 0) is 43.8 Å². The maximum Gasteiger partial charge on any atom is 0.0212 e. The zero-order valence-electron chi connectivity index (χ0n) is 12.9. The molecule has 0 aromatic heterocycles. The van der Waals surface area contributed by atoms with Gasteiger partial charge in [0.1, 0.15) is 0 Å². The van der Waals surface area contributed by atoms with Crippen LogP contribution in [0.15, 0.2) is 48.6 Å². The van der Waals surface area contributed by atoms with E-state index >= 15 is 0 Å². The van der Waals surface area contributed by atoms with Gasteiger partial charge in [0.2, 0.25) is 0 Å². The van der Waals surface area contributed by atoms with Crippen LogP contribution in [0.1, 0.15) is 42.0 Å². The van der Waals surface area contributed by atoms with Gasteiger partial charge in [0.05, 0.1) is 0 Å². The summed E-state index contributed by atoms with van der Waals surface area (Å²) in [5.41, 5.74) is 5.99. The molecule has 106 valence electrons. The molecule has 0 saturated heterocycles.